The van der Waals surface area contributed by atoms with Crippen LogP contribution in [0.15, 0.2) is 54.6 Å². The molecule has 5 heteroatoms. The summed E-state index contributed by atoms with van der Waals surface area (Å²) in [5.41, 5.74) is 2.35. The van der Waals surface area contributed by atoms with E-state index in [-0.39, 0.29) is 6.61 Å². The minimum absolute atomic E-state index is 0.373. The fourth-order valence-corrected chi connectivity index (χ4v) is 2.10. The monoisotopic (exact) mass is 329 g/mol. The van der Waals surface area contributed by atoms with Crippen LogP contribution in [0.4, 0.5) is 5.69 Å². The molecule has 0 bridgehead atoms. The Morgan fingerprint density at radius 3 is 2.61 bits per heavy atom. The number of rotatable bonds is 5. The molecule has 0 aromatic heterocycles. The van der Waals surface area contributed by atoms with Crippen LogP contribution in [0.25, 0.3) is 6.08 Å². The Balaban J connectivity index is 1.82. The third kappa shape index (κ3) is 5.60. The number of esters is 1. The summed E-state index contributed by atoms with van der Waals surface area (Å²) in [4.78, 5) is 23.3. The minimum atomic E-state index is -0.584. The molecule has 0 saturated carbocycles. The van der Waals surface area contributed by atoms with E-state index < -0.39 is 11.9 Å². The van der Waals surface area contributed by atoms with Gasteiger partial charge < -0.3 is 10.1 Å². The molecule has 118 valence electrons. The lowest BCUT2D eigenvalue weighted by Crippen LogP contribution is -2.20. The summed E-state index contributed by atoms with van der Waals surface area (Å²) in [7, 11) is 0. The molecule has 0 saturated heterocycles. The summed E-state index contributed by atoms with van der Waals surface area (Å²) in [6, 6.07) is 14.6. The molecule has 0 heterocycles. The lowest BCUT2D eigenvalue weighted by Gasteiger charge is -2.07. The van der Waals surface area contributed by atoms with E-state index in [4.69, 9.17) is 16.3 Å². The Hall–Kier alpha value is -2.59. The van der Waals surface area contributed by atoms with Crippen molar-refractivity contribution in [3.05, 3.63) is 70.8 Å². The van der Waals surface area contributed by atoms with Crippen molar-refractivity contribution in [1.29, 1.82) is 0 Å². The summed E-state index contributed by atoms with van der Waals surface area (Å²) < 4.78 is 4.88. The van der Waals surface area contributed by atoms with Gasteiger partial charge in [-0.1, -0.05) is 48.0 Å². The van der Waals surface area contributed by atoms with Gasteiger partial charge in [-0.3, -0.25) is 4.79 Å². The molecule has 0 aliphatic rings. The van der Waals surface area contributed by atoms with Gasteiger partial charge in [0.15, 0.2) is 6.61 Å². The van der Waals surface area contributed by atoms with Gasteiger partial charge in [0.2, 0.25) is 0 Å². The molecule has 1 N–H and O–H groups in total. The third-order valence-electron chi connectivity index (χ3n) is 2.96. The van der Waals surface area contributed by atoms with Crippen molar-refractivity contribution in [3.63, 3.8) is 0 Å². The molecule has 23 heavy (non-hydrogen) atoms. The molecule has 0 atom stereocenters. The van der Waals surface area contributed by atoms with Gasteiger partial charge in [-0.25, -0.2) is 4.79 Å². The van der Waals surface area contributed by atoms with Crippen LogP contribution in [-0.4, -0.2) is 18.5 Å². The topological polar surface area (TPSA) is 55.4 Å². The van der Waals surface area contributed by atoms with Crippen LogP contribution >= 0.6 is 11.6 Å². The van der Waals surface area contributed by atoms with E-state index in [9.17, 15) is 9.59 Å². The van der Waals surface area contributed by atoms with Crippen LogP contribution in [0.5, 0.6) is 0 Å². The van der Waals surface area contributed by atoms with Crippen LogP contribution in [0.1, 0.15) is 11.1 Å². The summed E-state index contributed by atoms with van der Waals surface area (Å²) in [5.74, 6) is -1.03. The summed E-state index contributed by atoms with van der Waals surface area (Å²) in [6.45, 7) is 1.53. The number of carbonyl (C=O) groups excluding carboxylic acids is 2. The fraction of sp³-hybridized carbons (Fsp3) is 0.111. The van der Waals surface area contributed by atoms with Gasteiger partial charge in [-0.2, -0.15) is 0 Å². The van der Waals surface area contributed by atoms with E-state index in [1.807, 2.05) is 43.3 Å². The molecule has 2 aromatic carbocycles. The second kappa shape index (κ2) is 8.15. The standard InChI is InChI=1S/C18H16ClNO3/c1-13-7-9-16(15(19)11-13)20-17(21)12-23-18(22)10-8-14-5-3-2-4-6-14/h2-11H,12H2,1H3,(H,20,21)/b10-8+. The highest BCUT2D eigenvalue weighted by atomic mass is 35.5. The van der Waals surface area contributed by atoms with Crippen molar-refractivity contribution in [2.45, 2.75) is 6.92 Å². The molecule has 0 unspecified atom stereocenters. The highest BCUT2D eigenvalue weighted by Gasteiger charge is 2.08. The van der Waals surface area contributed by atoms with Gasteiger partial charge in [0.1, 0.15) is 0 Å². The molecule has 0 aliphatic carbocycles. The van der Waals surface area contributed by atoms with E-state index in [1.54, 1.807) is 18.2 Å². The smallest absolute Gasteiger partial charge is 0.331 e. The number of hydrogen-bond acceptors (Lipinski definition) is 3. The second-order valence-corrected chi connectivity index (χ2v) is 5.29. The maximum Gasteiger partial charge on any atom is 0.331 e. The first kappa shape index (κ1) is 16.8. The number of aryl methyl sites for hydroxylation is 1. The Morgan fingerprint density at radius 2 is 1.91 bits per heavy atom. The highest BCUT2D eigenvalue weighted by Crippen LogP contribution is 2.22. The number of anilines is 1. The van der Waals surface area contributed by atoms with E-state index in [0.29, 0.717) is 10.7 Å². The number of nitrogens with one attached hydrogen (secondary N) is 1. The van der Waals surface area contributed by atoms with Crippen molar-refractivity contribution in [2.24, 2.45) is 0 Å². The summed E-state index contributed by atoms with van der Waals surface area (Å²) in [5, 5.41) is 3.03. The van der Waals surface area contributed by atoms with Gasteiger partial charge in [0, 0.05) is 6.08 Å². The molecular formula is C18H16ClNO3. The number of benzene rings is 2. The predicted molar refractivity (Wildman–Crippen MR) is 91.3 cm³/mol. The first-order valence-corrected chi connectivity index (χ1v) is 7.38. The van der Waals surface area contributed by atoms with Gasteiger partial charge in [-0.15, -0.1) is 0 Å². The molecule has 2 rings (SSSR count). The molecule has 1 amide bonds. The van der Waals surface area contributed by atoms with Crippen LogP contribution in [0, 0.1) is 6.92 Å². The Morgan fingerprint density at radius 1 is 1.17 bits per heavy atom. The predicted octanol–water partition coefficient (Wildman–Crippen LogP) is 3.84. The van der Waals surface area contributed by atoms with E-state index in [2.05, 4.69) is 5.32 Å². The zero-order valence-electron chi connectivity index (χ0n) is 12.6. The minimum Gasteiger partial charge on any atom is -0.452 e. The SMILES string of the molecule is Cc1ccc(NC(=O)COC(=O)/C=C/c2ccccc2)c(Cl)c1. The number of halogens is 1. The first-order chi connectivity index (χ1) is 11.0. The highest BCUT2D eigenvalue weighted by molar-refractivity contribution is 6.33. The van der Waals surface area contributed by atoms with E-state index in [1.165, 1.54) is 6.08 Å². The van der Waals surface area contributed by atoms with Gasteiger partial charge in [0.25, 0.3) is 5.91 Å². The average molecular weight is 330 g/mol. The van der Waals surface area contributed by atoms with Crippen molar-refractivity contribution < 1.29 is 14.3 Å². The second-order valence-electron chi connectivity index (χ2n) is 4.88. The number of amides is 1. The van der Waals surface area contributed by atoms with Crippen molar-refractivity contribution in [2.75, 3.05) is 11.9 Å². The van der Waals surface area contributed by atoms with Crippen molar-refractivity contribution in [1.82, 2.24) is 0 Å². The van der Waals surface area contributed by atoms with Gasteiger partial charge >= 0.3 is 5.97 Å². The largest absolute Gasteiger partial charge is 0.452 e. The van der Waals surface area contributed by atoms with Crippen LogP contribution < -0.4 is 5.32 Å². The van der Waals surface area contributed by atoms with Crippen molar-refractivity contribution >= 4 is 35.2 Å². The number of carbonyl (C=O) groups is 2. The lowest BCUT2D eigenvalue weighted by atomic mass is 10.2. The maximum atomic E-state index is 11.8. The molecule has 4 nitrogen and oxygen atoms in total. The zero-order valence-corrected chi connectivity index (χ0v) is 13.3. The molecular weight excluding hydrogens is 314 g/mol. The maximum absolute atomic E-state index is 11.8. The third-order valence-corrected chi connectivity index (χ3v) is 3.27. The zero-order chi connectivity index (χ0) is 16.7. The van der Waals surface area contributed by atoms with Crippen LogP contribution in [-0.2, 0) is 14.3 Å². The van der Waals surface area contributed by atoms with Crippen molar-refractivity contribution in [3.8, 4) is 0 Å². The molecule has 0 spiro atoms. The van der Waals surface area contributed by atoms with Crippen LogP contribution in [0.3, 0.4) is 0 Å². The number of ether oxygens (including phenoxy) is 1. The van der Waals surface area contributed by atoms with Crippen LogP contribution in [0.2, 0.25) is 5.02 Å². The fourth-order valence-electron chi connectivity index (χ4n) is 1.82. The van der Waals surface area contributed by atoms with Gasteiger partial charge in [-0.05, 0) is 36.3 Å². The molecule has 0 radical (unpaired) electrons. The average Bonchev–Trinajstić information content (AvgIpc) is 2.54. The Bertz CT molecular complexity index is 726. The van der Waals surface area contributed by atoms with E-state index in [0.717, 1.165) is 11.1 Å². The lowest BCUT2D eigenvalue weighted by molar-refractivity contribution is -0.142. The number of hydrogen-bond donors (Lipinski definition) is 1. The Kier molecular flexibility index (Phi) is 5.94. The Labute approximate surface area is 139 Å². The molecule has 0 fully saturated rings. The summed E-state index contributed by atoms with van der Waals surface area (Å²) >= 11 is 6.02. The van der Waals surface area contributed by atoms with Gasteiger partial charge in [0.05, 0.1) is 10.7 Å². The first-order valence-electron chi connectivity index (χ1n) is 7.00. The normalized spacial score (nSPS) is 10.5. The molecule has 0 aliphatic heterocycles. The summed E-state index contributed by atoms with van der Waals surface area (Å²) in [6.07, 6.45) is 2.90. The van der Waals surface area contributed by atoms with E-state index >= 15 is 0 Å². The quantitative estimate of drug-likeness (QED) is 0.669. The molecule has 2 aromatic rings.